The minimum Gasteiger partial charge on any atom is -0.295 e. The maximum atomic E-state index is 12.5. The van der Waals surface area contributed by atoms with Crippen molar-refractivity contribution in [2.75, 3.05) is 4.72 Å². The van der Waals surface area contributed by atoms with Gasteiger partial charge in [0.2, 0.25) is 0 Å². The first kappa shape index (κ1) is 17.0. The molecule has 2 aromatic carbocycles. The molecule has 0 unspecified atom stereocenters. The van der Waals surface area contributed by atoms with Crippen LogP contribution in [0.15, 0.2) is 53.4 Å². The fourth-order valence-corrected chi connectivity index (χ4v) is 2.93. The molecule has 0 aliphatic carbocycles. The van der Waals surface area contributed by atoms with Crippen LogP contribution >= 0.6 is 0 Å². The van der Waals surface area contributed by atoms with Gasteiger partial charge >= 0.3 is 6.18 Å². The largest absolute Gasteiger partial charge is 0.416 e. The number of halogens is 3. The van der Waals surface area contributed by atoms with Crippen LogP contribution in [0.4, 0.5) is 18.9 Å². The van der Waals surface area contributed by atoms with Crippen LogP contribution in [0, 0.1) is 0 Å². The SMILES string of the molecule is CC(=O)c1cccc(S(=O)(=O)Nc2ccc(C(F)(F)F)cc2)c1. The third kappa shape index (κ3) is 4.10. The number of carbonyl (C=O) groups is 1. The molecule has 0 aromatic heterocycles. The number of alkyl halides is 3. The quantitative estimate of drug-likeness (QED) is 0.861. The van der Waals surface area contributed by atoms with Gasteiger partial charge in [-0.2, -0.15) is 13.2 Å². The zero-order valence-corrected chi connectivity index (χ0v) is 12.7. The summed E-state index contributed by atoms with van der Waals surface area (Å²) in [7, 11) is -4.00. The van der Waals surface area contributed by atoms with Crippen molar-refractivity contribution in [2.45, 2.75) is 18.0 Å². The summed E-state index contributed by atoms with van der Waals surface area (Å²) in [5, 5.41) is 0. The first-order valence-electron chi connectivity index (χ1n) is 6.41. The number of rotatable bonds is 4. The molecule has 0 fully saturated rings. The number of nitrogens with one attached hydrogen (secondary N) is 1. The molecule has 0 aliphatic rings. The van der Waals surface area contributed by atoms with E-state index in [9.17, 15) is 26.4 Å². The van der Waals surface area contributed by atoms with Crippen LogP contribution < -0.4 is 4.72 Å². The van der Waals surface area contributed by atoms with Crippen LogP contribution in [-0.4, -0.2) is 14.2 Å². The smallest absolute Gasteiger partial charge is 0.295 e. The normalized spacial score (nSPS) is 12.0. The fourth-order valence-electron chi connectivity index (χ4n) is 1.82. The van der Waals surface area contributed by atoms with Crippen molar-refractivity contribution in [2.24, 2.45) is 0 Å². The van der Waals surface area contributed by atoms with E-state index >= 15 is 0 Å². The summed E-state index contributed by atoms with van der Waals surface area (Å²) in [6.07, 6.45) is -4.49. The lowest BCUT2D eigenvalue weighted by Gasteiger charge is -2.10. The Morgan fingerprint density at radius 2 is 1.65 bits per heavy atom. The molecule has 0 radical (unpaired) electrons. The van der Waals surface area contributed by atoms with Crippen LogP contribution in [0.5, 0.6) is 0 Å². The van der Waals surface area contributed by atoms with Gasteiger partial charge < -0.3 is 0 Å². The van der Waals surface area contributed by atoms with E-state index in [0.29, 0.717) is 0 Å². The van der Waals surface area contributed by atoms with Crippen molar-refractivity contribution in [1.82, 2.24) is 0 Å². The van der Waals surface area contributed by atoms with E-state index in [1.807, 2.05) is 0 Å². The first-order chi connectivity index (χ1) is 10.6. The molecule has 0 bridgehead atoms. The Kier molecular flexibility index (Phi) is 4.46. The Hall–Kier alpha value is -2.35. The fraction of sp³-hybridized carbons (Fsp3) is 0.133. The topological polar surface area (TPSA) is 63.2 Å². The Labute approximate surface area is 131 Å². The minimum atomic E-state index is -4.49. The van der Waals surface area contributed by atoms with Crippen molar-refractivity contribution < 1.29 is 26.4 Å². The maximum absolute atomic E-state index is 12.5. The zero-order valence-electron chi connectivity index (χ0n) is 11.9. The molecule has 0 saturated carbocycles. The Morgan fingerprint density at radius 1 is 1.04 bits per heavy atom. The summed E-state index contributed by atoms with van der Waals surface area (Å²) in [6.45, 7) is 1.30. The summed E-state index contributed by atoms with van der Waals surface area (Å²) in [6, 6.07) is 8.99. The second kappa shape index (κ2) is 6.04. The van der Waals surface area contributed by atoms with E-state index in [1.165, 1.54) is 31.2 Å². The predicted octanol–water partition coefficient (Wildman–Crippen LogP) is 3.71. The van der Waals surface area contributed by atoms with Gasteiger partial charge in [0.15, 0.2) is 5.78 Å². The van der Waals surface area contributed by atoms with Gasteiger partial charge in [-0.25, -0.2) is 8.42 Å². The van der Waals surface area contributed by atoms with E-state index in [0.717, 1.165) is 24.3 Å². The molecule has 2 aromatic rings. The molecule has 0 spiro atoms. The van der Waals surface area contributed by atoms with Crippen molar-refractivity contribution in [3.63, 3.8) is 0 Å². The molecule has 0 saturated heterocycles. The summed E-state index contributed by atoms with van der Waals surface area (Å²) in [4.78, 5) is 11.1. The molecule has 122 valence electrons. The van der Waals surface area contributed by atoms with Crippen LogP contribution in [0.2, 0.25) is 0 Å². The lowest BCUT2D eigenvalue weighted by atomic mass is 10.2. The monoisotopic (exact) mass is 343 g/mol. The van der Waals surface area contributed by atoms with Crippen LogP contribution in [0.1, 0.15) is 22.8 Å². The standard InChI is InChI=1S/C15H12F3NO3S/c1-10(20)11-3-2-4-14(9-11)23(21,22)19-13-7-5-12(6-8-13)15(16,17)18/h2-9,19H,1H3. The van der Waals surface area contributed by atoms with E-state index in [-0.39, 0.29) is 21.9 Å². The van der Waals surface area contributed by atoms with Crippen molar-refractivity contribution >= 4 is 21.5 Å². The molecule has 0 heterocycles. The summed E-state index contributed by atoms with van der Waals surface area (Å²) < 4.78 is 64.0. The highest BCUT2D eigenvalue weighted by Crippen LogP contribution is 2.30. The predicted molar refractivity (Wildman–Crippen MR) is 78.7 cm³/mol. The van der Waals surface area contributed by atoms with Gasteiger partial charge in [-0.1, -0.05) is 12.1 Å². The van der Waals surface area contributed by atoms with Crippen LogP contribution in [0.25, 0.3) is 0 Å². The summed E-state index contributed by atoms with van der Waals surface area (Å²) >= 11 is 0. The zero-order chi connectivity index (χ0) is 17.3. The van der Waals surface area contributed by atoms with Gasteiger partial charge in [-0.15, -0.1) is 0 Å². The average Bonchev–Trinajstić information content (AvgIpc) is 2.46. The Bertz CT molecular complexity index is 828. The number of hydrogen-bond acceptors (Lipinski definition) is 3. The molecule has 8 heteroatoms. The Balaban J connectivity index is 2.28. The number of hydrogen-bond donors (Lipinski definition) is 1. The third-order valence-electron chi connectivity index (χ3n) is 3.02. The highest BCUT2D eigenvalue weighted by Gasteiger charge is 2.30. The molecule has 0 amide bonds. The van der Waals surface area contributed by atoms with Gasteiger partial charge in [0, 0.05) is 11.3 Å². The van der Waals surface area contributed by atoms with E-state index < -0.39 is 21.8 Å². The van der Waals surface area contributed by atoms with E-state index in [1.54, 1.807) is 0 Å². The molecular weight excluding hydrogens is 331 g/mol. The van der Waals surface area contributed by atoms with E-state index in [2.05, 4.69) is 4.72 Å². The van der Waals surface area contributed by atoms with Crippen molar-refractivity contribution in [1.29, 1.82) is 0 Å². The Morgan fingerprint density at radius 3 is 2.17 bits per heavy atom. The van der Waals surface area contributed by atoms with Gasteiger partial charge in [0.25, 0.3) is 10.0 Å². The van der Waals surface area contributed by atoms with Crippen LogP contribution in [0.3, 0.4) is 0 Å². The number of ketones is 1. The number of anilines is 1. The maximum Gasteiger partial charge on any atom is 0.416 e. The lowest BCUT2D eigenvalue weighted by Crippen LogP contribution is -2.14. The molecule has 0 atom stereocenters. The molecule has 1 N–H and O–H groups in total. The highest BCUT2D eigenvalue weighted by molar-refractivity contribution is 7.92. The van der Waals surface area contributed by atoms with E-state index in [4.69, 9.17) is 0 Å². The molecular formula is C15H12F3NO3S. The lowest BCUT2D eigenvalue weighted by molar-refractivity contribution is -0.137. The van der Waals surface area contributed by atoms with Gasteiger partial charge in [0.05, 0.1) is 10.5 Å². The summed E-state index contributed by atoms with van der Waals surface area (Å²) in [5.41, 5.74) is -0.662. The number of Topliss-reactive ketones (excluding diaryl/α,β-unsaturated/α-hetero) is 1. The molecule has 2 rings (SSSR count). The third-order valence-corrected chi connectivity index (χ3v) is 4.39. The van der Waals surface area contributed by atoms with Gasteiger partial charge in [-0.05, 0) is 43.3 Å². The van der Waals surface area contributed by atoms with Crippen molar-refractivity contribution in [3.05, 3.63) is 59.7 Å². The highest BCUT2D eigenvalue weighted by atomic mass is 32.2. The van der Waals surface area contributed by atoms with Crippen molar-refractivity contribution in [3.8, 4) is 0 Å². The number of benzene rings is 2. The average molecular weight is 343 g/mol. The minimum absolute atomic E-state index is 0.00812. The molecule has 23 heavy (non-hydrogen) atoms. The van der Waals surface area contributed by atoms with Gasteiger partial charge in [-0.3, -0.25) is 9.52 Å². The second-order valence-electron chi connectivity index (χ2n) is 4.76. The number of carbonyl (C=O) groups excluding carboxylic acids is 1. The van der Waals surface area contributed by atoms with Crippen LogP contribution in [-0.2, 0) is 16.2 Å². The molecule has 4 nitrogen and oxygen atoms in total. The van der Waals surface area contributed by atoms with Gasteiger partial charge in [0.1, 0.15) is 0 Å². The number of sulfonamides is 1. The first-order valence-corrected chi connectivity index (χ1v) is 7.89. The molecule has 0 aliphatic heterocycles. The summed E-state index contributed by atoms with van der Waals surface area (Å²) in [5.74, 6) is -0.295. The second-order valence-corrected chi connectivity index (χ2v) is 6.45.